The van der Waals surface area contributed by atoms with Gasteiger partial charge in [0.25, 0.3) is 0 Å². The first kappa shape index (κ1) is 15.5. The number of alkyl halides is 3. The molecule has 0 saturated carbocycles. The predicted octanol–water partition coefficient (Wildman–Crippen LogP) is 2.10. The van der Waals surface area contributed by atoms with Crippen molar-refractivity contribution in [1.82, 2.24) is 4.72 Å². The second kappa shape index (κ2) is 5.59. The Kier molecular flexibility index (Phi) is 4.55. The molecule has 1 rings (SSSR count). The van der Waals surface area contributed by atoms with Gasteiger partial charge in [-0.2, -0.15) is 18.4 Å². The molecule has 0 amide bonds. The average Bonchev–Trinajstić information content (AvgIpc) is 2.26. The third-order valence-electron chi connectivity index (χ3n) is 2.29. The number of nitrogens with one attached hydrogen (secondary N) is 1. The van der Waals surface area contributed by atoms with Gasteiger partial charge >= 0.3 is 6.18 Å². The summed E-state index contributed by atoms with van der Waals surface area (Å²) in [6, 6.07) is 5.70. The second-order valence-electron chi connectivity index (χ2n) is 3.86. The molecule has 1 aromatic rings. The van der Waals surface area contributed by atoms with Crippen LogP contribution in [0.5, 0.6) is 0 Å². The number of hydrogen-bond donors (Lipinski definition) is 1. The third-order valence-corrected chi connectivity index (χ3v) is 3.92. The van der Waals surface area contributed by atoms with E-state index >= 15 is 0 Å². The molecule has 0 saturated heterocycles. The maximum Gasteiger partial charge on any atom is 0.390 e. The minimum absolute atomic E-state index is 0.131. The SMILES string of the molecule is Cc1cc(C#N)ccc1S(=O)(=O)NCCC(F)(F)F. The van der Waals surface area contributed by atoms with Crippen molar-refractivity contribution in [3.63, 3.8) is 0 Å². The summed E-state index contributed by atoms with van der Waals surface area (Å²) in [5.41, 5.74) is 0.588. The lowest BCUT2D eigenvalue weighted by atomic mass is 10.2. The zero-order valence-electron chi connectivity index (χ0n) is 9.95. The largest absolute Gasteiger partial charge is 0.390 e. The van der Waals surface area contributed by atoms with Crippen LogP contribution in [-0.2, 0) is 10.0 Å². The molecular weight excluding hydrogens is 281 g/mol. The summed E-state index contributed by atoms with van der Waals surface area (Å²) < 4.78 is 61.3. The Morgan fingerprint density at radius 1 is 1.37 bits per heavy atom. The quantitative estimate of drug-likeness (QED) is 0.923. The normalized spacial score (nSPS) is 12.2. The maximum atomic E-state index is 11.9. The highest BCUT2D eigenvalue weighted by atomic mass is 32.2. The van der Waals surface area contributed by atoms with E-state index in [4.69, 9.17) is 5.26 Å². The van der Waals surface area contributed by atoms with Crippen LogP contribution in [0.3, 0.4) is 0 Å². The molecule has 4 nitrogen and oxygen atoms in total. The van der Waals surface area contributed by atoms with E-state index in [1.54, 1.807) is 0 Å². The van der Waals surface area contributed by atoms with Gasteiger partial charge in [0.2, 0.25) is 10.0 Å². The smallest absolute Gasteiger partial charge is 0.211 e. The van der Waals surface area contributed by atoms with Gasteiger partial charge in [0.15, 0.2) is 0 Å². The molecule has 0 fully saturated rings. The van der Waals surface area contributed by atoms with E-state index < -0.39 is 29.2 Å². The van der Waals surface area contributed by atoms with Gasteiger partial charge in [-0.15, -0.1) is 0 Å². The molecule has 0 aliphatic carbocycles. The van der Waals surface area contributed by atoms with E-state index in [1.165, 1.54) is 25.1 Å². The monoisotopic (exact) mass is 292 g/mol. The van der Waals surface area contributed by atoms with Gasteiger partial charge in [0.05, 0.1) is 22.9 Å². The molecule has 0 aromatic heterocycles. The highest BCUT2D eigenvalue weighted by Crippen LogP contribution is 2.20. The molecule has 8 heteroatoms. The highest BCUT2D eigenvalue weighted by Gasteiger charge is 2.27. The summed E-state index contributed by atoms with van der Waals surface area (Å²) in [5.74, 6) is 0. The van der Waals surface area contributed by atoms with Gasteiger partial charge in [0, 0.05) is 6.54 Å². The number of halogens is 3. The van der Waals surface area contributed by atoms with Crippen LogP contribution < -0.4 is 4.72 Å². The fourth-order valence-corrected chi connectivity index (χ4v) is 2.68. The number of aryl methyl sites for hydroxylation is 1. The van der Waals surface area contributed by atoms with E-state index in [0.29, 0.717) is 5.56 Å². The number of nitrogens with zero attached hydrogens (tertiary/aromatic N) is 1. The first-order valence-electron chi connectivity index (χ1n) is 5.23. The Balaban J connectivity index is 2.87. The molecule has 0 heterocycles. The Hall–Kier alpha value is -1.59. The predicted molar refractivity (Wildman–Crippen MR) is 61.8 cm³/mol. The van der Waals surface area contributed by atoms with Crippen LogP contribution in [0.2, 0.25) is 0 Å². The highest BCUT2D eigenvalue weighted by molar-refractivity contribution is 7.89. The van der Waals surface area contributed by atoms with Crippen molar-refractivity contribution in [2.45, 2.75) is 24.4 Å². The summed E-state index contributed by atoms with van der Waals surface area (Å²) >= 11 is 0. The van der Waals surface area contributed by atoms with Crippen LogP contribution >= 0.6 is 0 Å². The summed E-state index contributed by atoms with van der Waals surface area (Å²) in [5, 5.41) is 8.65. The summed E-state index contributed by atoms with van der Waals surface area (Å²) in [6.45, 7) is 0.754. The van der Waals surface area contributed by atoms with Gasteiger partial charge in [-0.3, -0.25) is 0 Å². The van der Waals surface area contributed by atoms with E-state index in [0.717, 1.165) is 0 Å². The second-order valence-corrected chi connectivity index (χ2v) is 5.59. The molecule has 0 spiro atoms. The molecule has 0 atom stereocenters. The fraction of sp³-hybridized carbons (Fsp3) is 0.364. The van der Waals surface area contributed by atoms with Crippen LogP contribution in [0.15, 0.2) is 23.1 Å². The standard InChI is InChI=1S/C11H11F3N2O2S/c1-8-6-9(7-15)2-3-10(8)19(17,18)16-5-4-11(12,13)14/h2-3,6,16H,4-5H2,1H3. The molecule has 1 N–H and O–H groups in total. The van der Waals surface area contributed by atoms with Gasteiger partial charge in [-0.25, -0.2) is 13.1 Å². The van der Waals surface area contributed by atoms with Gasteiger partial charge in [-0.1, -0.05) is 0 Å². The van der Waals surface area contributed by atoms with Gasteiger partial charge in [0.1, 0.15) is 0 Å². The van der Waals surface area contributed by atoms with E-state index in [2.05, 4.69) is 0 Å². The van der Waals surface area contributed by atoms with E-state index in [1.807, 2.05) is 10.8 Å². The molecule has 0 aliphatic heterocycles. The number of sulfonamides is 1. The number of benzene rings is 1. The van der Waals surface area contributed by atoms with Crippen LogP contribution in [-0.4, -0.2) is 21.1 Å². The Bertz CT molecular complexity index is 603. The Morgan fingerprint density at radius 3 is 2.47 bits per heavy atom. The van der Waals surface area contributed by atoms with Crippen LogP contribution in [0, 0.1) is 18.3 Å². The number of rotatable bonds is 4. The maximum absolute atomic E-state index is 11.9. The molecule has 104 valence electrons. The number of nitriles is 1. The lowest BCUT2D eigenvalue weighted by Gasteiger charge is -2.10. The molecular formula is C11H11F3N2O2S. The van der Waals surface area contributed by atoms with E-state index in [9.17, 15) is 21.6 Å². The Morgan fingerprint density at radius 2 is 2.00 bits per heavy atom. The van der Waals surface area contributed by atoms with Crippen molar-refractivity contribution in [3.8, 4) is 6.07 Å². The van der Waals surface area contributed by atoms with Crippen molar-refractivity contribution < 1.29 is 21.6 Å². The minimum Gasteiger partial charge on any atom is -0.211 e. The van der Waals surface area contributed by atoms with Crippen LogP contribution in [0.4, 0.5) is 13.2 Å². The lowest BCUT2D eigenvalue weighted by Crippen LogP contribution is -2.28. The first-order chi connectivity index (χ1) is 8.65. The zero-order valence-corrected chi connectivity index (χ0v) is 10.8. The molecule has 0 bridgehead atoms. The van der Waals surface area contributed by atoms with Gasteiger partial charge < -0.3 is 0 Å². The molecule has 19 heavy (non-hydrogen) atoms. The summed E-state index contributed by atoms with van der Waals surface area (Å²) in [6.07, 6.45) is -5.65. The minimum atomic E-state index is -4.41. The van der Waals surface area contributed by atoms with Gasteiger partial charge in [-0.05, 0) is 30.7 Å². The van der Waals surface area contributed by atoms with Crippen molar-refractivity contribution in [3.05, 3.63) is 29.3 Å². The number of hydrogen-bond acceptors (Lipinski definition) is 3. The fourth-order valence-electron chi connectivity index (χ4n) is 1.43. The average molecular weight is 292 g/mol. The van der Waals surface area contributed by atoms with Crippen molar-refractivity contribution in [2.75, 3.05) is 6.54 Å². The first-order valence-corrected chi connectivity index (χ1v) is 6.71. The topological polar surface area (TPSA) is 70.0 Å². The van der Waals surface area contributed by atoms with Crippen LogP contribution in [0.1, 0.15) is 17.5 Å². The van der Waals surface area contributed by atoms with E-state index in [-0.39, 0.29) is 10.5 Å². The van der Waals surface area contributed by atoms with Crippen LogP contribution in [0.25, 0.3) is 0 Å². The summed E-state index contributed by atoms with van der Waals surface area (Å²) in [7, 11) is -4.00. The Labute approximate surface area is 108 Å². The molecule has 0 radical (unpaired) electrons. The lowest BCUT2D eigenvalue weighted by molar-refractivity contribution is -0.132. The van der Waals surface area contributed by atoms with Crippen molar-refractivity contribution in [1.29, 1.82) is 5.26 Å². The molecule has 0 aliphatic rings. The third kappa shape index (κ3) is 4.54. The molecule has 1 aromatic carbocycles. The van der Waals surface area contributed by atoms with Crippen molar-refractivity contribution in [2.24, 2.45) is 0 Å². The van der Waals surface area contributed by atoms with Crippen molar-refractivity contribution >= 4 is 10.0 Å². The zero-order chi connectivity index (χ0) is 14.7. The summed E-state index contributed by atoms with van der Waals surface area (Å²) in [4.78, 5) is -0.131. The molecule has 0 unspecified atom stereocenters.